The summed E-state index contributed by atoms with van der Waals surface area (Å²) in [5, 5.41) is 6.47. The summed E-state index contributed by atoms with van der Waals surface area (Å²) in [6.07, 6.45) is 4.15. The number of hydrogen-bond donors (Lipinski definition) is 1. The maximum atomic E-state index is 3.69. The molecular formula is C17H21N. The Balaban J connectivity index is 2.04. The summed E-state index contributed by atoms with van der Waals surface area (Å²) in [7, 11) is 0. The highest BCUT2D eigenvalue weighted by atomic mass is 14.9. The largest absolute Gasteiger partial charge is 0.310 e. The predicted molar refractivity (Wildman–Crippen MR) is 77.7 cm³/mol. The lowest BCUT2D eigenvalue weighted by Crippen LogP contribution is -2.32. The third-order valence-corrected chi connectivity index (χ3v) is 4.20. The van der Waals surface area contributed by atoms with Crippen LogP contribution in [-0.2, 0) is 0 Å². The lowest BCUT2D eigenvalue weighted by molar-refractivity contribution is 0.234. The zero-order valence-corrected chi connectivity index (χ0v) is 11.0. The first kappa shape index (κ1) is 11.7. The van der Waals surface area contributed by atoms with Crippen LogP contribution in [0.15, 0.2) is 42.5 Å². The molecule has 0 bridgehead atoms. The van der Waals surface area contributed by atoms with Crippen molar-refractivity contribution in [3.8, 4) is 0 Å². The number of rotatable bonds is 4. The van der Waals surface area contributed by atoms with Gasteiger partial charge < -0.3 is 5.32 Å². The molecule has 0 saturated heterocycles. The SMILES string of the molecule is CCNC(c1cccc2ccccc12)C1CCC1. The first-order valence-corrected chi connectivity index (χ1v) is 7.11. The summed E-state index contributed by atoms with van der Waals surface area (Å²) in [4.78, 5) is 0. The second-order valence-corrected chi connectivity index (χ2v) is 5.29. The molecule has 3 rings (SSSR count). The van der Waals surface area contributed by atoms with E-state index in [1.54, 1.807) is 0 Å². The highest BCUT2D eigenvalue weighted by molar-refractivity contribution is 5.86. The average Bonchev–Trinajstić information content (AvgIpc) is 2.35. The molecule has 94 valence electrons. The van der Waals surface area contributed by atoms with Gasteiger partial charge in [0.05, 0.1) is 0 Å². The van der Waals surface area contributed by atoms with E-state index in [4.69, 9.17) is 0 Å². The third-order valence-electron chi connectivity index (χ3n) is 4.20. The van der Waals surface area contributed by atoms with Gasteiger partial charge >= 0.3 is 0 Å². The zero-order chi connectivity index (χ0) is 12.4. The van der Waals surface area contributed by atoms with Gasteiger partial charge in [-0.1, -0.05) is 55.8 Å². The van der Waals surface area contributed by atoms with Crippen LogP contribution in [0.1, 0.15) is 37.8 Å². The van der Waals surface area contributed by atoms with Crippen molar-refractivity contribution in [3.63, 3.8) is 0 Å². The van der Waals surface area contributed by atoms with Crippen LogP contribution in [0.2, 0.25) is 0 Å². The van der Waals surface area contributed by atoms with Gasteiger partial charge in [-0.05, 0) is 41.6 Å². The molecule has 0 spiro atoms. The molecule has 1 aliphatic rings. The molecule has 1 N–H and O–H groups in total. The summed E-state index contributed by atoms with van der Waals surface area (Å²) < 4.78 is 0. The lowest BCUT2D eigenvalue weighted by Gasteiger charge is -2.35. The van der Waals surface area contributed by atoms with E-state index in [9.17, 15) is 0 Å². The van der Waals surface area contributed by atoms with Gasteiger partial charge in [-0.3, -0.25) is 0 Å². The van der Waals surface area contributed by atoms with Gasteiger partial charge in [-0.25, -0.2) is 0 Å². The van der Waals surface area contributed by atoms with E-state index < -0.39 is 0 Å². The van der Waals surface area contributed by atoms with E-state index in [0.29, 0.717) is 6.04 Å². The van der Waals surface area contributed by atoms with E-state index in [0.717, 1.165) is 12.5 Å². The molecule has 0 amide bonds. The number of benzene rings is 2. The molecule has 0 aromatic heterocycles. The van der Waals surface area contributed by atoms with Crippen LogP contribution in [0.4, 0.5) is 0 Å². The minimum atomic E-state index is 0.537. The number of hydrogen-bond acceptors (Lipinski definition) is 1. The Labute approximate surface area is 109 Å². The third kappa shape index (κ3) is 2.04. The van der Waals surface area contributed by atoms with Crippen molar-refractivity contribution in [2.75, 3.05) is 6.54 Å². The Kier molecular flexibility index (Phi) is 3.33. The van der Waals surface area contributed by atoms with Gasteiger partial charge in [0.15, 0.2) is 0 Å². The normalized spacial score (nSPS) is 17.6. The molecule has 1 nitrogen and oxygen atoms in total. The van der Waals surface area contributed by atoms with Crippen LogP contribution >= 0.6 is 0 Å². The van der Waals surface area contributed by atoms with Crippen molar-refractivity contribution < 1.29 is 0 Å². The fourth-order valence-corrected chi connectivity index (χ4v) is 3.05. The number of fused-ring (bicyclic) bond motifs is 1. The predicted octanol–water partition coefficient (Wildman–Crippen LogP) is 4.29. The topological polar surface area (TPSA) is 12.0 Å². The fraction of sp³-hybridized carbons (Fsp3) is 0.412. The fourth-order valence-electron chi connectivity index (χ4n) is 3.05. The maximum Gasteiger partial charge on any atom is 0.0354 e. The van der Waals surface area contributed by atoms with Gasteiger partial charge in [-0.2, -0.15) is 0 Å². The molecule has 2 aromatic carbocycles. The van der Waals surface area contributed by atoms with E-state index in [2.05, 4.69) is 54.7 Å². The smallest absolute Gasteiger partial charge is 0.0354 e. The molecule has 1 fully saturated rings. The van der Waals surface area contributed by atoms with Crippen molar-refractivity contribution >= 4 is 10.8 Å². The minimum Gasteiger partial charge on any atom is -0.310 e. The molecule has 1 saturated carbocycles. The maximum absolute atomic E-state index is 3.69. The minimum absolute atomic E-state index is 0.537. The summed E-state index contributed by atoms with van der Waals surface area (Å²) in [6, 6.07) is 16.0. The Morgan fingerprint density at radius 2 is 1.89 bits per heavy atom. The van der Waals surface area contributed by atoms with Crippen molar-refractivity contribution in [1.29, 1.82) is 0 Å². The van der Waals surface area contributed by atoms with E-state index in [1.165, 1.54) is 35.6 Å². The summed E-state index contributed by atoms with van der Waals surface area (Å²) in [5.41, 5.74) is 1.49. The van der Waals surface area contributed by atoms with E-state index in [1.807, 2.05) is 0 Å². The summed E-state index contributed by atoms with van der Waals surface area (Å²) in [6.45, 7) is 3.25. The lowest BCUT2D eigenvalue weighted by atomic mass is 9.76. The van der Waals surface area contributed by atoms with Crippen molar-refractivity contribution in [2.45, 2.75) is 32.2 Å². The Hall–Kier alpha value is -1.34. The van der Waals surface area contributed by atoms with Crippen molar-refractivity contribution in [1.82, 2.24) is 5.32 Å². The molecule has 1 unspecified atom stereocenters. The second kappa shape index (κ2) is 5.11. The molecule has 1 atom stereocenters. The van der Waals surface area contributed by atoms with Crippen molar-refractivity contribution in [3.05, 3.63) is 48.0 Å². The second-order valence-electron chi connectivity index (χ2n) is 5.29. The summed E-state index contributed by atoms with van der Waals surface area (Å²) >= 11 is 0. The Bertz CT molecular complexity index is 523. The highest BCUT2D eigenvalue weighted by Crippen LogP contribution is 2.39. The Morgan fingerprint density at radius 1 is 1.11 bits per heavy atom. The van der Waals surface area contributed by atoms with Gasteiger partial charge in [0.25, 0.3) is 0 Å². The van der Waals surface area contributed by atoms with Gasteiger partial charge in [0, 0.05) is 6.04 Å². The van der Waals surface area contributed by atoms with Crippen LogP contribution < -0.4 is 5.32 Å². The monoisotopic (exact) mass is 239 g/mol. The zero-order valence-electron chi connectivity index (χ0n) is 11.0. The van der Waals surface area contributed by atoms with Crippen molar-refractivity contribution in [2.24, 2.45) is 5.92 Å². The highest BCUT2D eigenvalue weighted by Gasteiger charge is 2.28. The molecule has 0 heterocycles. The molecular weight excluding hydrogens is 218 g/mol. The standard InChI is InChI=1S/C17H21N/c1-2-18-17(14-9-5-10-14)16-12-6-8-13-7-3-4-11-15(13)16/h3-4,6-8,11-12,14,17-18H,2,5,9-10H2,1H3. The first-order valence-electron chi connectivity index (χ1n) is 7.11. The van der Waals surface area contributed by atoms with Crippen LogP contribution in [0, 0.1) is 5.92 Å². The molecule has 0 radical (unpaired) electrons. The molecule has 2 aromatic rings. The van der Waals surface area contributed by atoms with Gasteiger partial charge in [0.2, 0.25) is 0 Å². The molecule has 1 aliphatic carbocycles. The molecule has 18 heavy (non-hydrogen) atoms. The Morgan fingerprint density at radius 3 is 2.61 bits per heavy atom. The summed E-state index contributed by atoms with van der Waals surface area (Å²) in [5.74, 6) is 0.829. The molecule has 1 heteroatoms. The quantitative estimate of drug-likeness (QED) is 0.839. The van der Waals surface area contributed by atoms with Crippen LogP contribution in [0.5, 0.6) is 0 Å². The van der Waals surface area contributed by atoms with Gasteiger partial charge in [0.1, 0.15) is 0 Å². The average molecular weight is 239 g/mol. The van der Waals surface area contributed by atoms with Crippen LogP contribution in [-0.4, -0.2) is 6.54 Å². The van der Waals surface area contributed by atoms with E-state index >= 15 is 0 Å². The van der Waals surface area contributed by atoms with Crippen LogP contribution in [0.3, 0.4) is 0 Å². The first-order chi connectivity index (χ1) is 8.90. The van der Waals surface area contributed by atoms with Gasteiger partial charge in [-0.15, -0.1) is 0 Å². The number of nitrogens with one attached hydrogen (secondary N) is 1. The molecule has 0 aliphatic heterocycles. The van der Waals surface area contributed by atoms with E-state index in [-0.39, 0.29) is 0 Å². The van der Waals surface area contributed by atoms with Crippen LogP contribution in [0.25, 0.3) is 10.8 Å².